The number of halogens is 3. The first-order chi connectivity index (χ1) is 11.0. The molecule has 1 heterocycles. The highest BCUT2D eigenvalue weighted by Crippen LogP contribution is 2.26. The van der Waals surface area contributed by atoms with Gasteiger partial charge in [0.25, 0.3) is 0 Å². The lowest BCUT2D eigenvalue weighted by Gasteiger charge is -2.16. The van der Waals surface area contributed by atoms with Crippen molar-refractivity contribution in [2.45, 2.75) is 19.5 Å². The van der Waals surface area contributed by atoms with Crippen molar-refractivity contribution in [2.75, 3.05) is 7.11 Å². The van der Waals surface area contributed by atoms with Crippen LogP contribution >= 0.6 is 47.2 Å². The Morgan fingerprint density at radius 2 is 2.12 bits per heavy atom. The molecular weight excluding hydrogens is 462 g/mol. The van der Waals surface area contributed by atoms with Gasteiger partial charge < -0.3 is 15.8 Å². The number of aliphatic imine (C=N–C) groups is 1. The van der Waals surface area contributed by atoms with Crippen molar-refractivity contribution in [2.24, 2.45) is 10.7 Å². The zero-order valence-corrected chi connectivity index (χ0v) is 17.1. The molecule has 8 heteroatoms. The van der Waals surface area contributed by atoms with Gasteiger partial charge in [0, 0.05) is 21.8 Å². The summed E-state index contributed by atoms with van der Waals surface area (Å²) in [7, 11) is 1.57. The summed E-state index contributed by atoms with van der Waals surface area (Å²) in [4.78, 5) is 8.43. The Balaban J connectivity index is 0.00000288. The van der Waals surface area contributed by atoms with Crippen LogP contribution in [0.4, 0.5) is 0 Å². The number of nitrogens with zero attached hydrogens (tertiary/aromatic N) is 2. The maximum absolute atomic E-state index is 6.19. The maximum Gasteiger partial charge on any atom is 0.218 e. The van der Waals surface area contributed by atoms with E-state index in [0.29, 0.717) is 28.4 Å². The van der Waals surface area contributed by atoms with Crippen LogP contribution in [-0.2, 0) is 6.54 Å². The maximum atomic E-state index is 6.19. The number of ether oxygens (including phenoxy) is 1. The Kier molecular flexibility index (Phi) is 8.58. The molecule has 5 nitrogen and oxygen atoms in total. The molecule has 24 heavy (non-hydrogen) atoms. The second kappa shape index (κ2) is 9.90. The summed E-state index contributed by atoms with van der Waals surface area (Å²) in [6, 6.07) is 8.97. The fourth-order valence-corrected chi connectivity index (χ4v) is 2.67. The lowest BCUT2D eigenvalue weighted by molar-refractivity contribution is 0.392. The van der Waals surface area contributed by atoms with Gasteiger partial charge in [0.05, 0.1) is 19.7 Å². The van der Waals surface area contributed by atoms with E-state index >= 15 is 0 Å². The van der Waals surface area contributed by atoms with Crippen molar-refractivity contribution in [1.29, 1.82) is 0 Å². The summed E-state index contributed by atoms with van der Waals surface area (Å²) < 4.78 is 5.18. The van der Waals surface area contributed by atoms with Gasteiger partial charge in [0.2, 0.25) is 5.88 Å². The van der Waals surface area contributed by atoms with Gasteiger partial charge in [-0.2, -0.15) is 0 Å². The predicted octanol–water partition coefficient (Wildman–Crippen LogP) is 4.18. The van der Waals surface area contributed by atoms with Crippen LogP contribution in [0.25, 0.3) is 0 Å². The molecule has 130 valence electrons. The third kappa shape index (κ3) is 5.68. The van der Waals surface area contributed by atoms with Crippen LogP contribution in [0.3, 0.4) is 0 Å². The quantitative estimate of drug-likeness (QED) is 0.382. The van der Waals surface area contributed by atoms with E-state index < -0.39 is 0 Å². The van der Waals surface area contributed by atoms with Crippen LogP contribution in [0.5, 0.6) is 5.88 Å². The standard InChI is InChI=1S/C16H18Cl2N4O.HI/c1-10(13-6-5-12(17)8-14(13)18)22-16(19)21-9-11-4-3-7-20-15(11)23-2;/h3-8,10H,9H2,1-2H3,(H3,19,21,22);1H. The highest BCUT2D eigenvalue weighted by Gasteiger charge is 2.11. The van der Waals surface area contributed by atoms with E-state index in [0.717, 1.165) is 11.1 Å². The number of methoxy groups -OCH3 is 1. The van der Waals surface area contributed by atoms with Gasteiger partial charge in [-0.3, -0.25) is 0 Å². The van der Waals surface area contributed by atoms with Crippen LogP contribution in [-0.4, -0.2) is 18.1 Å². The van der Waals surface area contributed by atoms with Gasteiger partial charge in [-0.05, 0) is 30.7 Å². The van der Waals surface area contributed by atoms with E-state index in [1.165, 1.54) is 0 Å². The van der Waals surface area contributed by atoms with Crippen molar-refractivity contribution < 1.29 is 4.74 Å². The fraction of sp³-hybridized carbons (Fsp3) is 0.250. The van der Waals surface area contributed by atoms with E-state index in [1.54, 1.807) is 25.4 Å². The van der Waals surface area contributed by atoms with Gasteiger partial charge in [-0.25, -0.2) is 9.98 Å². The summed E-state index contributed by atoms with van der Waals surface area (Å²) in [5.41, 5.74) is 7.69. The monoisotopic (exact) mass is 480 g/mol. The van der Waals surface area contributed by atoms with Crippen LogP contribution in [0.15, 0.2) is 41.5 Å². The first-order valence-corrected chi connectivity index (χ1v) is 7.76. The Morgan fingerprint density at radius 1 is 1.38 bits per heavy atom. The third-order valence-electron chi connectivity index (χ3n) is 3.26. The largest absolute Gasteiger partial charge is 0.481 e. The van der Waals surface area contributed by atoms with Crippen molar-refractivity contribution in [3.05, 3.63) is 57.7 Å². The van der Waals surface area contributed by atoms with E-state index in [1.807, 2.05) is 25.1 Å². The number of aromatic nitrogens is 1. The summed E-state index contributed by atoms with van der Waals surface area (Å²) in [6.45, 7) is 2.32. The number of nitrogens with one attached hydrogen (secondary N) is 1. The average molecular weight is 481 g/mol. The van der Waals surface area contributed by atoms with Crippen LogP contribution < -0.4 is 15.8 Å². The van der Waals surface area contributed by atoms with E-state index in [4.69, 9.17) is 33.7 Å². The zero-order chi connectivity index (χ0) is 16.8. The summed E-state index contributed by atoms with van der Waals surface area (Å²) >= 11 is 12.1. The number of pyridine rings is 1. The summed E-state index contributed by atoms with van der Waals surface area (Å²) in [5.74, 6) is 0.854. The minimum Gasteiger partial charge on any atom is -0.481 e. The summed E-state index contributed by atoms with van der Waals surface area (Å²) in [5, 5.41) is 4.28. The molecule has 0 spiro atoms. The molecule has 0 bridgehead atoms. The molecule has 1 aromatic carbocycles. The van der Waals surface area contributed by atoms with E-state index in [9.17, 15) is 0 Å². The number of hydrogen-bond donors (Lipinski definition) is 2. The molecule has 0 fully saturated rings. The Morgan fingerprint density at radius 3 is 2.79 bits per heavy atom. The molecule has 1 atom stereocenters. The molecule has 2 rings (SSSR count). The van der Waals surface area contributed by atoms with Crippen LogP contribution in [0, 0.1) is 0 Å². The van der Waals surface area contributed by atoms with Crippen molar-refractivity contribution >= 4 is 53.1 Å². The summed E-state index contributed by atoms with van der Waals surface area (Å²) in [6.07, 6.45) is 1.66. The molecule has 0 amide bonds. The molecule has 3 N–H and O–H groups in total. The molecular formula is C16H19Cl2IN4O. The van der Waals surface area contributed by atoms with E-state index in [-0.39, 0.29) is 30.0 Å². The Labute approximate surface area is 168 Å². The molecule has 1 aromatic heterocycles. The minimum absolute atomic E-state index is 0. The first-order valence-electron chi connectivity index (χ1n) is 7.00. The number of nitrogens with two attached hydrogens (primary N) is 1. The zero-order valence-electron chi connectivity index (χ0n) is 13.3. The lowest BCUT2D eigenvalue weighted by Crippen LogP contribution is -2.34. The molecule has 0 radical (unpaired) electrons. The fourth-order valence-electron chi connectivity index (χ4n) is 2.10. The van der Waals surface area contributed by atoms with Gasteiger partial charge in [-0.15, -0.1) is 24.0 Å². The van der Waals surface area contributed by atoms with Crippen molar-refractivity contribution in [3.8, 4) is 5.88 Å². The molecule has 2 aromatic rings. The third-order valence-corrected chi connectivity index (χ3v) is 3.82. The number of guanidine groups is 1. The highest BCUT2D eigenvalue weighted by molar-refractivity contribution is 14.0. The normalized spacial score (nSPS) is 12.2. The van der Waals surface area contributed by atoms with Crippen LogP contribution in [0.2, 0.25) is 10.0 Å². The number of benzene rings is 1. The van der Waals surface area contributed by atoms with Gasteiger partial charge in [0.15, 0.2) is 5.96 Å². The molecule has 1 unspecified atom stereocenters. The lowest BCUT2D eigenvalue weighted by atomic mass is 10.1. The first kappa shape index (κ1) is 20.8. The second-order valence-electron chi connectivity index (χ2n) is 4.91. The SMILES string of the molecule is COc1ncccc1CN=C(N)NC(C)c1ccc(Cl)cc1Cl.I. The number of hydrogen-bond acceptors (Lipinski definition) is 3. The van der Waals surface area contributed by atoms with Crippen LogP contribution in [0.1, 0.15) is 24.1 Å². The van der Waals surface area contributed by atoms with Crippen molar-refractivity contribution in [3.63, 3.8) is 0 Å². The predicted molar refractivity (Wildman–Crippen MR) is 110 cm³/mol. The minimum atomic E-state index is -0.0979. The second-order valence-corrected chi connectivity index (χ2v) is 5.75. The van der Waals surface area contributed by atoms with Gasteiger partial charge in [-0.1, -0.05) is 35.3 Å². The topological polar surface area (TPSA) is 72.5 Å². The molecule has 0 aliphatic rings. The molecule has 0 saturated carbocycles. The Bertz CT molecular complexity index is 712. The van der Waals surface area contributed by atoms with Gasteiger partial charge in [0.1, 0.15) is 0 Å². The smallest absolute Gasteiger partial charge is 0.218 e. The molecule has 0 saturated heterocycles. The number of rotatable bonds is 5. The molecule has 0 aliphatic carbocycles. The molecule has 0 aliphatic heterocycles. The highest BCUT2D eigenvalue weighted by atomic mass is 127. The average Bonchev–Trinajstić information content (AvgIpc) is 2.53. The van der Waals surface area contributed by atoms with Crippen molar-refractivity contribution in [1.82, 2.24) is 10.3 Å². The Hall–Kier alpha value is -1.25. The van der Waals surface area contributed by atoms with E-state index in [2.05, 4.69) is 15.3 Å². The van der Waals surface area contributed by atoms with Gasteiger partial charge >= 0.3 is 0 Å².